The highest BCUT2D eigenvalue weighted by molar-refractivity contribution is 5.78. The molecule has 0 aromatic carbocycles. The zero-order chi connectivity index (χ0) is 16.1. The van der Waals surface area contributed by atoms with Crippen LogP contribution in [0.15, 0.2) is 37.8 Å². The molecule has 2 aromatic rings. The Morgan fingerprint density at radius 2 is 2.13 bits per heavy atom. The molecule has 3 heterocycles. The Labute approximate surface area is 136 Å². The Morgan fingerprint density at radius 1 is 1.30 bits per heavy atom. The summed E-state index contributed by atoms with van der Waals surface area (Å²) in [6, 6.07) is 2.18. The van der Waals surface area contributed by atoms with Gasteiger partial charge in [-0.2, -0.15) is 5.10 Å². The van der Waals surface area contributed by atoms with E-state index in [1.54, 1.807) is 12.3 Å². The van der Waals surface area contributed by atoms with Gasteiger partial charge in [-0.05, 0) is 56.0 Å². The molecule has 0 bridgehead atoms. The molecule has 0 atom stereocenters. The fourth-order valence-corrected chi connectivity index (χ4v) is 2.97. The minimum atomic E-state index is 0.746. The number of nitrogens with zero attached hydrogens (tertiary/aromatic N) is 2. The lowest BCUT2D eigenvalue weighted by atomic mass is 9.91. The molecular weight excluding hydrogens is 286 g/mol. The van der Waals surface area contributed by atoms with Crippen LogP contribution in [0.25, 0.3) is 11.8 Å². The lowest BCUT2D eigenvalue weighted by molar-refractivity contribution is 0.372. The summed E-state index contributed by atoms with van der Waals surface area (Å²) in [5.41, 5.74) is 4.81. The number of anilines is 1. The Bertz CT molecular complexity index is 682. The van der Waals surface area contributed by atoms with Gasteiger partial charge in [0, 0.05) is 23.7 Å². The molecule has 2 aromatic heterocycles. The first-order chi connectivity index (χ1) is 11.3. The van der Waals surface area contributed by atoms with Gasteiger partial charge in [0.15, 0.2) is 0 Å². The number of hydrogen-bond donors (Lipinski definition) is 3. The SMILES string of the molecule is C=Cc1[nH]ncc1NC(=C)c1cncc(CC2CCNCC2)c1. The second-order valence-electron chi connectivity index (χ2n) is 5.98. The third-order valence-corrected chi connectivity index (χ3v) is 4.28. The smallest absolute Gasteiger partial charge is 0.0842 e. The lowest BCUT2D eigenvalue weighted by Gasteiger charge is -2.22. The summed E-state index contributed by atoms with van der Waals surface area (Å²) in [5, 5.41) is 13.6. The van der Waals surface area contributed by atoms with E-state index in [-0.39, 0.29) is 0 Å². The molecule has 1 aliphatic rings. The van der Waals surface area contributed by atoms with E-state index in [1.807, 2.05) is 12.4 Å². The summed E-state index contributed by atoms with van der Waals surface area (Å²) in [7, 11) is 0. The molecule has 5 nitrogen and oxygen atoms in total. The van der Waals surface area contributed by atoms with Gasteiger partial charge in [0.25, 0.3) is 0 Å². The maximum absolute atomic E-state index is 4.38. The van der Waals surface area contributed by atoms with E-state index in [4.69, 9.17) is 0 Å². The highest BCUT2D eigenvalue weighted by Crippen LogP contribution is 2.22. The van der Waals surface area contributed by atoms with Crippen LogP contribution in [0.5, 0.6) is 0 Å². The van der Waals surface area contributed by atoms with Crippen molar-refractivity contribution >= 4 is 17.5 Å². The van der Waals surface area contributed by atoms with Crippen molar-refractivity contribution in [2.75, 3.05) is 18.4 Å². The predicted molar refractivity (Wildman–Crippen MR) is 94.9 cm³/mol. The van der Waals surface area contributed by atoms with Crippen molar-refractivity contribution in [1.29, 1.82) is 0 Å². The topological polar surface area (TPSA) is 65.6 Å². The van der Waals surface area contributed by atoms with Crippen molar-refractivity contribution in [2.45, 2.75) is 19.3 Å². The van der Waals surface area contributed by atoms with Gasteiger partial charge >= 0.3 is 0 Å². The first-order valence-electron chi connectivity index (χ1n) is 8.03. The van der Waals surface area contributed by atoms with Crippen LogP contribution < -0.4 is 10.6 Å². The van der Waals surface area contributed by atoms with Gasteiger partial charge in [-0.15, -0.1) is 0 Å². The van der Waals surface area contributed by atoms with Crippen molar-refractivity contribution < 1.29 is 0 Å². The molecule has 0 saturated carbocycles. The molecule has 0 aliphatic carbocycles. The number of H-pyrrole nitrogens is 1. The maximum Gasteiger partial charge on any atom is 0.0842 e. The van der Waals surface area contributed by atoms with Gasteiger partial charge in [-0.3, -0.25) is 10.1 Å². The zero-order valence-electron chi connectivity index (χ0n) is 13.3. The van der Waals surface area contributed by atoms with E-state index in [0.29, 0.717) is 0 Å². The minimum Gasteiger partial charge on any atom is -0.352 e. The molecule has 0 spiro atoms. The third-order valence-electron chi connectivity index (χ3n) is 4.28. The Hall–Kier alpha value is -2.40. The Morgan fingerprint density at radius 3 is 2.91 bits per heavy atom. The van der Waals surface area contributed by atoms with E-state index >= 15 is 0 Å². The molecule has 3 rings (SSSR count). The second kappa shape index (κ2) is 7.24. The number of hydrogen-bond acceptors (Lipinski definition) is 4. The molecule has 5 heteroatoms. The summed E-state index contributed by atoms with van der Waals surface area (Å²) in [6.07, 6.45) is 10.8. The molecular formula is C18H23N5. The lowest BCUT2D eigenvalue weighted by Crippen LogP contribution is -2.28. The van der Waals surface area contributed by atoms with Gasteiger partial charge in [-0.25, -0.2) is 0 Å². The monoisotopic (exact) mass is 309 g/mol. The summed E-state index contributed by atoms with van der Waals surface area (Å²) >= 11 is 0. The molecule has 1 saturated heterocycles. The molecule has 1 aliphatic heterocycles. The van der Waals surface area contributed by atoms with Crippen molar-refractivity contribution in [2.24, 2.45) is 5.92 Å². The normalized spacial score (nSPS) is 15.3. The van der Waals surface area contributed by atoms with Gasteiger partial charge < -0.3 is 10.6 Å². The summed E-state index contributed by atoms with van der Waals surface area (Å²) in [5.74, 6) is 0.746. The van der Waals surface area contributed by atoms with Crippen LogP contribution in [0, 0.1) is 5.92 Å². The van der Waals surface area contributed by atoms with Gasteiger partial charge in [0.2, 0.25) is 0 Å². The second-order valence-corrected chi connectivity index (χ2v) is 5.98. The predicted octanol–water partition coefficient (Wildman–Crippen LogP) is 3.07. The van der Waals surface area contributed by atoms with E-state index in [2.05, 4.69) is 45.0 Å². The Balaban J connectivity index is 1.68. The first kappa shape index (κ1) is 15.5. The first-order valence-corrected chi connectivity index (χ1v) is 8.03. The van der Waals surface area contributed by atoms with E-state index < -0.39 is 0 Å². The van der Waals surface area contributed by atoms with Crippen LogP contribution in [-0.2, 0) is 6.42 Å². The van der Waals surface area contributed by atoms with Crippen molar-refractivity contribution in [3.8, 4) is 0 Å². The molecule has 23 heavy (non-hydrogen) atoms. The molecule has 0 amide bonds. The molecule has 0 unspecified atom stereocenters. The summed E-state index contributed by atoms with van der Waals surface area (Å²) in [6.45, 7) is 10.1. The van der Waals surface area contributed by atoms with E-state index in [1.165, 1.54) is 18.4 Å². The third kappa shape index (κ3) is 3.87. The average molecular weight is 309 g/mol. The van der Waals surface area contributed by atoms with Gasteiger partial charge in [-0.1, -0.05) is 13.2 Å². The van der Waals surface area contributed by atoms with Crippen LogP contribution in [0.1, 0.15) is 29.7 Å². The quantitative estimate of drug-likeness (QED) is 0.767. The summed E-state index contributed by atoms with van der Waals surface area (Å²) in [4.78, 5) is 4.38. The largest absolute Gasteiger partial charge is 0.352 e. The number of nitrogens with one attached hydrogen (secondary N) is 3. The zero-order valence-corrected chi connectivity index (χ0v) is 13.3. The minimum absolute atomic E-state index is 0.746. The van der Waals surface area contributed by atoms with E-state index in [0.717, 1.165) is 48.1 Å². The number of aromatic amines is 1. The maximum atomic E-state index is 4.38. The molecule has 1 fully saturated rings. The van der Waals surface area contributed by atoms with Crippen molar-refractivity contribution in [3.63, 3.8) is 0 Å². The number of piperidine rings is 1. The standard InChI is InChI=1S/C18H23N5/c1-3-17-18(12-21-23-17)22-13(2)16-9-15(10-20-11-16)8-14-4-6-19-7-5-14/h3,9-12,14,19,22H,1-2,4-8H2,(H,21,23). The number of rotatable bonds is 6. The van der Waals surface area contributed by atoms with Crippen LogP contribution in [0.4, 0.5) is 5.69 Å². The van der Waals surface area contributed by atoms with Crippen LogP contribution in [0.2, 0.25) is 0 Å². The molecule has 120 valence electrons. The van der Waals surface area contributed by atoms with Crippen LogP contribution >= 0.6 is 0 Å². The van der Waals surface area contributed by atoms with Crippen LogP contribution in [-0.4, -0.2) is 28.3 Å². The van der Waals surface area contributed by atoms with Gasteiger partial charge in [0.05, 0.1) is 17.6 Å². The van der Waals surface area contributed by atoms with E-state index in [9.17, 15) is 0 Å². The fraction of sp³-hybridized carbons (Fsp3) is 0.333. The molecule has 0 radical (unpaired) electrons. The van der Waals surface area contributed by atoms with Crippen molar-refractivity contribution in [1.82, 2.24) is 20.5 Å². The average Bonchev–Trinajstić information content (AvgIpc) is 3.03. The van der Waals surface area contributed by atoms with Gasteiger partial charge in [0.1, 0.15) is 0 Å². The fourth-order valence-electron chi connectivity index (χ4n) is 2.97. The number of aromatic nitrogens is 3. The highest BCUT2D eigenvalue weighted by Gasteiger charge is 2.14. The van der Waals surface area contributed by atoms with Crippen molar-refractivity contribution in [3.05, 3.63) is 54.6 Å². The van der Waals surface area contributed by atoms with Crippen LogP contribution in [0.3, 0.4) is 0 Å². The highest BCUT2D eigenvalue weighted by atomic mass is 15.1. The molecule has 3 N–H and O–H groups in total. The Kier molecular flexibility index (Phi) is 4.88. The number of pyridine rings is 1. The summed E-state index contributed by atoms with van der Waals surface area (Å²) < 4.78 is 0.